The van der Waals surface area contributed by atoms with Gasteiger partial charge < -0.3 is 10.0 Å². The van der Waals surface area contributed by atoms with Crippen LogP contribution in [0.4, 0.5) is 10.2 Å². The number of alkyl halides is 1. The van der Waals surface area contributed by atoms with E-state index < -0.39 is 6.17 Å². The Kier molecular flexibility index (Phi) is 5.17. The first-order chi connectivity index (χ1) is 15.5. The van der Waals surface area contributed by atoms with Gasteiger partial charge in [-0.15, -0.1) is 15.3 Å². The van der Waals surface area contributed by atoms with E-state index in [1.165, 1.54) is 23.4 Å². The van der Waals surface area contributed by atoms with Gasteiger partial charge in [-0.3, -0.25) is 0 Å². The summed E-state index contributed by atoms with van der Waals surface area (Å²) >= 11 is 0. The molecule has 1 N–H and O–H groups in total. The van der Waals surface area contributed by atoms with E-state index in [9.17, 15) is 5.11 Å². The normalized spacial score (nSPS) is 24.7. The molecule has 2 aliphatic rings. The van der Waals surface area contributed by atoms with Crippen LogP contribution in [0.5, 0.6) is 5.75 Å². The van der Waals surface area contributed by atoms with Crippen molar-refractivity contribution >= 4 is 5.82 Å². The van der Waals surface area contributed by atoms with E-state index in [1.54, 1.807) is 18.3 Å². The molecule has 0 saturated heterocycles. The first kappa shape index (κ1) is 20.3. The predicted octanol–water partition coefficient (Wildman–Crippen LogP) is 3.05. The van der Waals surface area contributed by atoms with E-state index in [4.69, 9.17) is 5.26 Å². The summed E-state index contributed by atoms with van der Waals surface area (Å²) in [5.41, 5.74) is 1.13. The van der Waals surface area contributed by atoms with Crippen LogP contribution < -0.4 is 4.90 Å². The van der Waals surface area contributed by atoms with Gasteiger partial charge in [-0.2, -0.15) is 5.26 Å². The molecule has 32 heavy (non-hydrogen) atoms. The van der Waals surface area contributed by atoms with Crippen LogP contribution in [0, 0.1) is 23.2 Å². The lowest BCUT2D eigenvalue weighted by Gasteiger charge is -2.45. The molecular weight excluding hydrogens is 411 g/mol. The van der Waals surface area contributed by atoms with Gasteiger partial charge in [0.05, 0.1) is 29.7 Å². The lowest BCUT2D eigenvalue weighted by atomic mass is 9.69. The van der Waals surface area contributed by atoms with Crippen LogP contribution >= 0.6 is 0 Å². The Hall–Kier alpha value is -3.61. The fraction of sp³-hybridized carbons (Fsp3) is 0.455. The van der Waals surface area contributed by atoms with E-state index in [1.807, 2.05) is 18.0 Å². The second-order valence-electron chi connectivity index (χ2n) is 8.65. The number of phenolic OH excluding ortho intramolecular Hbond substituents is 1. The molecule has 2 aliphatic carbocycles. The van der Waals surface area contributed by atoms with Crippen LogP contribution in [0.3, 0.4) is 0 Å². The van der Waals surface area contributed by atoms with Crippen molar-refractivity contribution in [3.05, 3.63) is 36.3 Å². The van der Waals surface area contributed by atoms with Crippen molar-refractivity contribution in [3.63, 3.8) is 0 Å². The molecule has 2 saturated carbocycles. The Morgan fingerprint density at radius 1 is 1.22 bits per heavy atom. The summed E-state index contributed by atoms with van der Waals surface area (Å²) < 4.78 is 16.5. The Labute approximate surface area is 184 Å². The predicted molar refractivity (Wildman–Crippen MR) is 114 cm³/mol. The zero-order valence-electron chi connectivity index (χ0n) is 17.6. The molecule has 2 fully saturated rings. The van der Waals surface area contributed by atoms with Crippen molar-refractivity contribution in [2.45, 2.75) is 44.3 Å². The number of benzene rings is 1. The average molecular weight is 434 g/mol. The van der Waals surface area contributed by atoms with E-state index in [0.29, 0.717) is 23.0 Å². The highest BCUT2D eigenvalue weighted by Crippen LogP contribution is 2.43. The third-order valence-corrected chi connectivity index (χ3v) is 6.72. The highest BCUT2D eigenvalue weighted by Gasteiger charge is 2.42. The molecule has 0 radical (unpaired) electrons. The Balaban J connectivity index is 1.35. The minimum Gasteiger partial charge on any atom is -0.507 e. The van der Waals surface area contributed by atoms with Gasteiger partial charge >= 0.3 is 0 Å². The van der Waals surface area contributed by atoms with Crippen molar-refractivity contribution in [3.8, 4) is 28.9 Å². The smallest absolute Gasteiger partial charge is 0.185 e. The molecule has 4 atom stereocenters. The first-order valence-corrected chi connectivity index (χ1v) is 10.8. The number of hydrogen-bond donors (Lipinski definition) is 1. The largest absolute Gasteiger partial charge is 0.507 e. The monoisotopic (exact) mass is 434 g/mol. The van der Waals surface area contributed by atoms with Crippen LogP contribution in [0.1, 0.15) is 37.8 Å². The van der Waals surface area contributed by atoms with Gasteiger partial charge in [0.15, 0.2) is 17.3 Å². The molecule has 5 rings (SSSR count). The van der Waals surface area contributed by atoms with Crippen LogP contribution in [-0.4, -0.2) is 54.5 Å². The summed E-state index contributed by atoms with van der Waals surface area (Å²) in [6.07, 6.45) is 7.27. The van der Waals surface area contributed by atoms with Gasteiger partial charge in [0.25, 0.3) is 0 Å². The SMILES string of the molecule is CN(c1cnc(-c2ccc(-n3cc(C#N)nn3)cc2O)nn1)[C@H]1C[C@@H]2CCC[C@@H](C2)[C@H]1F. The zero-order chi connectivity index (χ0) is 22.2. The van der Waals surface area contributed by atoms with E-state index >= 15 is 4.39 Å². The summed E-state index contributed by atoms with van der Waals surface area (Å²) in [5, 5.41) is 35.4. The maximum atomic E-state index is 15.1. The molecule has 1 aromatic carbocycles. The number of nitriles is 1. The fourth-order valence-electron chi connectivity index (χ4n) is 5.01. The molecule has 2 bridgehead atoms. The maximum absolute atomic E-state index is 15.1. The van der Waals surface area contributed by atoms with Crippen LogP contribution in [-0.2, 0) is 0 Å². The molecule has 164 valence electrons. The number of phenols is 1. The lowest BCUT2D eigenvalue weighted by Crippen LogP contribution is -2.49. The number of fused-ring (bicyclic) bond motifs is 2. The van der Waals surface area contributed by atoms with Crippen molar-refractivity contribution in [2.24, 2.45) is 11.8 Å². The van der Waals surface area contributed by atoms with Crippen molar-refractivity contribution < 1.29 is 9.50 Å². The zero-order valence-corrected chi connectivity index (χ0v) is 17.6. The second kappa shape index (κ2) is 8.15. The molecule has 2 heterocycles. The van der Waals surface area contributed by atoms with E-state index in [2.05, 4.69) is 25.5 Å². The third kappa shape index (κ3) is 3.64. The van der Waals surface area contributed by atoms with Crippen molar-refractivity contribution in [2.75, 3.05) is 11.9 Å². The van der Waals surface area contributed by atoms with Gasteiger partial charge in [0.2, 0.25) is 0 Å². The molecule has 9 nitrogen and oxygen atoms in total. The summed E-state index contributed by atoms with van der Waals surface area (Å²) in [7, 11) is 1.85. The van der Waals surface area contributed by atoms with Crippen LogP contribution in [0.25, 0.3) is 17.1 Å². The molecule has 0 unspecified atom stereocenters. The van der Waals surface area contributed by atoms with Crippen LogP contribution in [0.2, 0.25) is 0 Å². The standard InChI is InChI=1S/C22H23FN8O/c1-30(18-8-13-3-2-4-14(7-13)21(18)23)20-11-25-22(28-27-20)17-6-5-16(9-19(17)32)31-12-15(10-24)26-29-31/h5-6,9,11-14,18,21,32H,2-4,7-8H2,1H3/t13-,14+,18+,21-/m1/s1. The summed E-state index contributed by atoms with van der Waals surface area (Å²) in [6, 6.07) is 6.55. The maximum Gasteiger partial charge on any atom is 0.185 e. The van der Waals surface area contributed by atoms with Crippen molar-refractivity contribution in [1.29, 1.82) is 5.26 Å². The molecule has 10 heteroatoms. The van der Waals surface area contributed by atoms with E-state index in [0.717, 1.165) is 25.7 Å². The number of nitrogens with zero attached hydrogens (tertiary/aromatic N) is 8. The van der Waals surface area contributed by atoms with Gasteiger partial charge in [-0.25, -0.2) is 14.1 Å². The highest BCUT2D eigenvalue weighted by atomic mass is 19.1. The number of hydrogen-bond acceptors (Lipinski definition) is 8. The average Bonchev–Trinajstić information content (AvgIpc) is 3.31. The van der Waals surface area contributed by atoms with Crippen molar-refractivity contribution in [1.82, 2.24) is 30.2 Å². The molecular formula is C22H23FN8O. The minimum atomic E-state index is -0.868. The summed E-state index contributed by atoms with van der Waals surface area (Å²) in [4.78, 5) is 6.23. The Morgan fingerprint density at radius 3 is 2.81 bits per heavy atom. The Morgan fingerprint density at radius 2 is 2.09 bits per heavy atom. The second-order valence-corrected chi connectivity index (χ2v) is 8.65. The van der Waals surface area contributed by atoms with E-state index in [-0.39, 0.29) is 29.2 Å². The minimum absolute atomic E-state index is 0.0525. The van der Waals surface area contributed by atoms with Gasteiger partial charge in [-0.1, -0.05) is 18.1 Å². The molecule has 0 aliphatic heterocycles. The molecule has 0 spiro atoms. The van der Waals surface area contributed by atoms with Gasteiger partial charge in [-0.05, 0) is 43.2 Å². The topological polar surface area (TPSA) is 117 Å². The summed E-state index contributed by atoms with van der Waals surface area (Å²) in [6.45, 7) is 0. The van der Waals surface area contributed by atoms with Gasteiger partial charge in [0.1, 0.15) is 18.0 Å². The molecule has 2 aromatic heterocycles. The number of aromatic nitrogens is 6. The quantitative estimate of drug-likeness (QED) is 0.666. The number of rotatable bonds is 4. The summed E-state index contributed by atoms with van der Waals surface area (Å²) in [5.74, 6) is 1.45. The number of anilines is 1. The Bertz CT molecular complexity index is 1160. The third-order valence-electron chi connectivity index (χ3n) is 6.72. The molecule has 3 aromatic rings. The number of aromatic hydroxyl groups is 1. The molecule has 0 amide bonds. The number of halogens is 1. The van der Waals surface area contributed by atoms with Crippen LogP contribution in [0.15, 0.2) is 30.6 Å². The lowest BCUT2D eigenvalue weighted by molar-refractivity contribution is 0.0656. The fourth-order valence-corrected chi connectivity index (χ4v) is 5.01. The highest BCUT2D eigenvalue weighted by molar-refractivity contribution is 5.66. The van der Waals surface area contributed by atoms with Gasteiger partial charge in [0, 0.05) is 13.1 Å². The first-order valence-electron chi connectivity index (χ1n) is 10.8.